The maximum Gasteiger partial charge on any atom is 0.133 e. The summed E-state index contributed by atoms with van der Waals surface area (Å²) in [6, 6.07) is 8.45. The molecule has 0 aliphatic rings. The van der Waals surface area contributed by atoms with Crippen LogP contribution in [0.25, 0.3) is 10.9 Å². The van der Waals surface area contributed by atoms with Crippen molar-refractivity contribution in [2.45, 2.75) is 33.2 Å². The molecule has 0 unspecified atom stereocenters. The number of hydrogen-bond donors (Lipinski definition) is 0. The van der Waals surface area contributed by atoms with Crippen molar-refractivity contribution in [2.24, 2.45) is 0 Å². The van der Waals surface area contributed by atoms with Crippen molar-refractivity contribution in [3.63, 3.8) is 0 Å². The van der Waals surface area contributed by atoms with E-state index in [1.54, 1.807) is 0 Å². The molecule has 1 aromatic carbocycles. The average Bonchev–Trinajstić information content (AvgIpc) is 2.96. The van der Waals surface area contributed by atoms with Crippen LogP contribution in [0.4, 0.5) is 0 Å². The summed E-state index contributed by atoms with van der Waals surface area (Å²) in [6.45, 7) is 6.93. The van der Waals surface area contributed by atoms with Crippen molar-refractivity contribution in [3.8, 4) is 0 Å². The fourth-order valence-electron chi connectivity index (χ4n) is 2.22. The zero-order valence-corrected chi connectivity index (χ0v) is 11.4. The maximum absolute atomic E-state index is 5.10. The number of hydrogen-bond acceptors (Lipinski definition) is 3. The van der Waals surface area contributed by atoms with Gasteiger partial charge in [0.2, 0.25) is 0 Å². The van der Waals surface area contributed by atoms with Gasteiger partial charge in [-0.05, 0) is 24.5 Å². The molecule has 0 fully saturated rings. The molecule has 0 aliphatic carbocycles. The summed E-state index contributed by atoms with van der Waals surface area (Å²) < 4.78 is 7.07. The zero-order chi connectivity index (χ0) is 13.4. The molecule has 2 heterocycles. The van der Waals surface area contributed by atoms with Crippen LogP contribution < -0.4 is 0 Å². The molecule has 0 bridgehead atoms. The van der Waals surface area contributed by atoms with Gasteiger partial charge in [-0.15, -0.1) is 0 Å². The Morgan fingerprint density at radius 3 is 2.79 bits per heavy atom. The number of aromatic nitrogens is 3. The number of fused-ring (bicyclic) bond motifs is 1. The predicted octanol–water partition coefficient (Wildman–Crippen LogP) is 3.50. The summed E-state index contributed by atoms with van der Waals surface area (Å²) in [5, 5.41) is 9.61. The van der Waals surface area contributed by atoms with E-state index in [1.807, 2.05) is 23.9 Å². The first kappa shape index (κ1) is 12.0. The highest BCUT2D eigenvalue weighted by Gasteiger charge is 2.08. The van der Waals surface area contributed by atoms with Crippen molar-refractivity contribution < 1.29 is 4.52 Å². The fraction of sp³-hybridized carbons (Fsp3) is 0.333. The van der Waals surface area contributed by atoms with Crippen molar-refractivity contribution in [2.75, 3.05) is 0 Å². The molecule has 3 aromatic rings. The molecular weight excluding hydrogens is 238 g/mol. The maximum atomic E-state index is 5.10. The lowest BCUT2D eigenvalue weighted by Crippen LogP contribution is -2.02. The number of aryl methyl sites for hydroxylation is 1. The van der Waals surface area contributed by atoms with Gasteiger partial charge in [0.1, 0.15) is 11.5 Å². The second kappa shape index (κ2) is 4.53. The minimum absolute atomic E-state index is 0.516. The van der Waals surface area contributed by atoms with Gasteiger partial charge in [-0.2, -0.15) is 5.10 Å². The van der Waals surface area contributed by atoms with Gasteiger partial charge in [-0.1, -0.05) is 31.1 Å². The molecule has 3 rings (SSSR count). The van der Waals surface area contributed by atoms with Crippen LogP contribution in [0.15, 0.2) is 35.0 Å². The lowest BCUT2D eigenvalue weighted by molar-refractivity contribution is 0.388. The molecular formula is C15H17N3O. The lowest BCUT2D eigenvalue weighted by atomic mass is 10.0. The second-order valence-electron chi connectivity index (χ2n) is 5.20. The third kappa shape index (κ3) is 2.26. The summed E-state index contributed by atoms with van der Waals surface area (Å²) in [5.74, 6) is 1.34. The van der Waals surface area contributed by atoms with Crippen molar-refractivity contribution in [1.82, 2.24) is 14.9 Å². The molecule has 2 aromatic heterocycles. The van der Waals surface area contributed by atoms with Gasteiger partial charge in [0, 0.05) is 11.5 Å². The Morgan fingerprint density at radius 1 is 1.26 bits per heavy atom. The van der Waals surface area contributed by atoms with E-state index < -0.39 is 0 Å². The van der Waals surface area contributed by atoms with Crippen molar-refractivity contribution >= 4 is 10.9 Å². The highest BCUT2D eigenvalue weighted by molar-refractivity contribution is 5.79. The highest BCUT2D eigenvalue weighted by atomic mass is 16.5. The Hall–Kier alpha value is -2.10. The summed E-state index contributed by atoms with van der Waals surface area (Å²) in [4.78, 5) is 0. The minimum atomic E-state index is 0.516. The first-order valence-corrected chi connectivity index (χ1v) is 6.51. The monoisotopic (exact) mass is 255 g/mol. The minimum Gasteiger partial charge on any atom is -0.361 e. The largest absolute Gasteiger partial charge is 0.361 e. The second-order valence-corrected chi connectivity index (χ2v) is 5.20. The Labute approximate surface area is 112 Å². The number of rotatable bonds is 3. The van der Waals surface area contributed by atoms with Crippen LogP contribution >= 0.6 is 0 Å². The van der Waals surface area contributed by atoms with E-state index >= 15 is 0 Å². The van der Waals surface area contributed by atoms with E-state index in [0.717, 1.165) is 22.4 Å². The topological polar surface area (TPSA) is 43.9 Å². The zero-order valence-electron chi connectivity index (χ0n) is 11.4. The Kier molecular flexibility index (Phi) is 2.85. The Balaban J connectivity index is 2.01. The summed E-state index contributed by atoms with van der Waals surface area (Å²) in [7, 11) is 0. The molecule has 19 heavy (non-hydrogen) atoms. The number of nitrogens with zero attached hydrogens (tertiary/aromatic N) is 3. The first-order chi connectivity index (χ1) is 9.13. The van der Waals surface area contributed by atoms with Gasteiger partial charge in [0.25, 0.3) is 0 Å². The van der Waals surface area contributed by atoms with E-state index in [0.29, 0.717) is 12.5 Å². The van der Waals surface area contributed by atoms with Crippen LogP contribution in [0, 0.1) is 6.92 Å². The Bertz CT molecular complexity index is 709. The van der Waals surface area contributed by atoms with Gasteiger partial charge < -0.3 is 4.52 Å². The summed E-state index contributed by atoms with van der Waals surface area (Å²) >= 11 is 0. The van der Waals surface area contributed by atoms with Gasteiger partial charge in [-0.25, -0.2) is 0 Å². The lowest BCUT2D eigenvalue weighted by Gasteiger charge is -2.06. The van der Waals surface area contributed by atoms with Crippen LogP contribution in [-0.2, 0) is 6.54 Å². The third-order valence-corrected chi connectivity index (χ3v) is 3.32. The van der Waals surface area contributed by atoms with E-state index in [1.165, 1.54) is 5.56 Å². The molecule has 0 N–H and O–H groups in total. The third-order valence-electron chi connectivity index (χ3n) is 3.32. The fourth-order valence-corrected chi connectivity index (χ4v) is 2.22. The Morgan fingerprint density at radius 2 is 2.11 bits per heavy atom. The number of benzene rings is 1. The highest BCUT2D eigenvalue weighted by Crippen LogP contribution is 2.21. The van der Waals surface area contributed by atoms with Crippen LogP contribution in [0.5, 0.6) is 0 Å². The van der Waals surface area contributed by atoms with Crippen LogP contribution in [0.3, 0.4) is 0 Å². The molecule has 0 amide bonds. The average molecular weight is 255 g/mol. The molecule has 98 valence electrons. The first-order valence-electron chi connectivity index (χ1n) is 6.51. The quantitative estimate of drug-likeness (QED) is 0.719. The molecule has 0 saturated carbocycles. The van der Waals surface area contributed by atoms with Crippen LogP contribution in [-0.4, -0.2) is 14.9 Å². The molecule has 0 atom stereocenters. The van der Waals surface area contributed by atoms with E-state index in [4.69, 9.17) is 4.52 Å². The summed E-state index contributed by atoms with van der Waals surface area (Å²) in [5.41, 5.74) is 3.37. The molecule has 0 aliphatic heterocycles. The smallest absolute Gasteiger partial charge is 0.133 e. The van der Waals surface area contributed by atoms with Gasteiger partial charge in [0.05, 0.1) is 18.3 Å². The normalized spacial score (nSPS) is 11.6. The van der Waals surface area contributed by atoms with E-state index in [2.05, 4.69) is 42.3 Å². The molecule has 0 saturated heterocycles. The summed E-state index contributed by atoms with van der Waals surface area (Å²) in [6.07, 6.45) is 1.90. The SMILES string of the molecule is Cc1cc(Cn2ncc3ccc(C(C)C)cc32)no1. The molecule has 0 radical (unpaired) electrons. The van der Waals surface area contributed by atoms with E-state index in [-0.39, 0.29) is 0 Å². The molecule has 0 spiro atoms. The molecule has 4 heteroatoms. The molecule has 4 nitrogen and oxygen atoms in total. The van der Waals surface area contributed by atoms with Gasteiger partial charge >= 0.3 is 0 Å². The standard InChI is InChI=1S/C15H17N3O/c1-10(2)12-4-5-13-8-16-18(15(13)7-12)9-14-6-11(3)19-17-14/h4-8,10H,9H2,1-3H3. The predicted molar refractivity (Wildman–Crippen MR) is 74.2 cm³/mol. The van der Waals surface area contributed by atoms with Crippen molar-refractivity contribution in [3.05, 3.63) is 47.5 Å². The van der Waals surface area contributed by atoms with Crippen LogP contribution in [0.2, 0.25) is 0 Å². The van der Waals surface area contributed by atoms with Gasteiger partial charge in [-0.3, -0.25) is 4.68 Å². The van der Waals surface area contributed by atoms with E-state index in [9.17, 15) is 0 Å². The van der Waals surface area contributed by atoms with Gasteiger partial charge in [0.15, 0.2) is 0 Å². The van der Waals surface area contributed by atoms with Crippen LogP contribution in [0.1, 0.15) is 36.8 Å². The van der Waals surface area contributed by atoms with Crippen molar-refractivity contribution in [1.29, 1.82) is 0 Å².